The Kier molecular flexibility index (Phi) is 4.63. The molecule has 3 aromatic rings. The molecule has 8 heteroatoms. The van der Waals surface area contributed by atoms with E-state index in [1.165, 1.54) is 4.90 Å². The molecule has 0 unspecified atom stereocenters. The van der Waals surface area contributed by atoms with Crippen LogP contribution in [0.5, 0.6) is 0 Å². The van der Waals surface area contributed by atoms with Crippen LogP contribution in [0.15, 0.2) is 48.5 Å². The number of benzene rings is 2. The third-order valence-corrected chi connectivity index (χ3v) is 5.51. The van der Waals surface area contributed by atoms with Crippen molar-refractivity contribution in [3.05, 3.63) is 64.8 Å². The fourth-order valence-corrected chi connectivity index (χ4v) is 3.89. The van der Waals surface area contributed by atoms with Crippen LogP contribution in [0.2, 0.25) is 5.02 Å². The largest absolute Gasteiger partial charge is 0.349 e. The Hall–Kier alpha value is -2.77. The average Bonchev–Trinajstić information content (AvgIpc) is 3.18. The van der Waals surface area contributed by atoms with Crippen molar-refractivity contribution in [2.75, 3.05) is 11.1 Å². The SMILES string of the molecule is O=C(Nc1ccc(CN2C(=O)CSC2=O)cc1)c1[nH]c2ccccc2c1Cl. The van der Waals surface area contributed by atoms with Gasteiger partial charge in [0.1, 0.15) is 5.69 Å². The highest BCUT2D eigenvalue weighted by Crippen LogP contribution is 2.28. The van der Waals surface area contributed by atoms with Crippen LogP contribution in [-0.4, -0.2) is 32.7 Å². The lowest BCUT2D eigenvalue weighted by atomic mass is 10.2. The van der Waals surface area contributed by atoms with E-state index in [0.717, 1.165) is 28.2 Å². The summed E-state index contributed by atoms with van der Waals surface area (Å²) in [5.74, 6) is -0.334. The predicted octanol–water partition coefficient (Wildman–Crippen LogP) is 4.27. The summed E-state index contributed by atoms with van der Waals surface area (Å²) < 4.78 is 0. The molecular formula is C19H14ClN3O3S. The summed E-state index contributed by atoms with van der Waals surface area (Å²) in [6.45, 7) is 0.229. The van der Waals surface area contributed by atoms with Gasteiger partial charge in [0.15, 0.2) is 0 Å². The molecule has 2 N–H and O–H groups in total. The van der Waals surface area contributed by atoms with Crippen LogP contribution in [0.1, 0.15) is 16.1 Å². The van der Waals surface area contributed by atoms with Gasteiger partial charge in [-0.1, -0.05) is 53.7 Å². The highest BCUT2D eigenvalue weighted by Gasteiger charge is 2.29. The van der Waals surface area contributed by atoms with E-state index in [1.807, 2.05) is 24.3 Å². The van der Waals surface area contributed by atoms with E-state index in [4.69, 9.17) is 11.6 Å². The Morgan fingerprint density at radius 3 is 2.56 bits per heavy atom. The lowest BCUT2D eigenvalue weighted by Crippen LogP contribution is -2.27. The van der Waals surface area contributed by atoms with Gasteiger partial charge in [-0.25, -0.2) is 0 Å². The molecule has 27 heavy (non-hydrogen) atoms. The number of anilines is 1. The summed E-state index contributed by atoms with van der Waals surface area (Å²) in [6, 6.07) is 14.4. The Morgan fingerprint density at radius 1 is 1.15 bits per heavy atom. The number of rotatable bonds is 4. The monoisotopic (exact) mass is 399 g/mol. The zero-order valence-electron chi connectivity index (χ0n) is 14.0. The number of halogens is 1. The van der Waals surface area contributed by atoms with Gasteiger partial charge in [-0.05, 0) is 23.8 Å². The number of carbonyl (C=O) groups is 3. The standard InChI is InChI=1S/C19H14ClN3O3S/c20-16-13-3-1-2-4-14(13)22-17(16)18(25)21-12-7-5-11(6-8-12)9-23-15(24)10-27-19(23)26/h1-8,22H,9-10H2,(H,21,25). The molecule has 1 fully saturated rings. The first-order chi connectivity index (χ1) is 13.0. The van der Waals surface area contributed by atoms with Crippen LogP contribution in [0, 0.1) is 0 Å². The van der Waals surface area contributed by atoms with Crippen LogP contribution in [0.4, 0.5) is 10.5 Å². The van der Waals surface area contributed by atoms with Crippen LogP contribution < -0.4 is 5.32 Å². The van der Waals surface area contributed by atoms with Gasteiger partial charge < -0.3 is 10.3 Å². The lowest BCUT2D eigenvalue weighted by molar-refractivity contribution is -0.125. The van der Waals surface area contributed by atoms with Crippen molar-refractivity contribution in [2.24, 2.45) is 0 Å². The summed E-state index contributed by atoms with van der Waals surface area (Å²) in [4.78, 5) is 40.1. The molecule has 1 aromatic heterocycles. The number of imide groups is 1. The van der Waals surface area contributed by atoms with E-state index in [9.17, 15) is 14.4 Å². The third kappa shape index (κ3) is 3.43. The average molecular weight is 400 g/mol. The fraction of sp³-hybridized carbons (Fsp3) is 0.105. The van der Waals surface area contributed by atoms with E-state index in [-0.39, 0.29) is 29.4 Å². The molecule has 0 aliphatic carbocycles. The van der Waals surface area contributed by atoms with Crippen LogP contribution >= 0.6 is 23.4 Å². The highest BCUT2D eigenvalue weighted by molar-refractivity contribution is 8.14. The summed E-state index contributed by atoms with van der Waals surface area (Å²) >= 11 is 7.31. The van der Waals surface area contributed by atoms with Crippen molar-refractivity contribution < 1.29 is 14.4 Å². The number of nitrogens with zero attached hydrogens (tertiary/aromatic N) is 1. The number of aromatic amines is 1. The number of fused-ring (bicyclic) bond motifs is 1. The maximum absolute atomic E-state index is 12.5. The second-order valence-electron chi connectivity index (χ2n) is 6.05. The Labute approximate surface area is 163 Å². The molecule has 136 valence electrons. The van der Waals surface area contributed by atoms with Crippen molar-refractivity contribution in [1.29, 1.82) is 0 Å². The molecule has 0 saturated carbocycles. The number of carbonyl (C=O) groups excluding carboxylic acids is 3. The highest BCUT2D eigenvalue weighted by atomic mass is 35.5. The number of hydrogen-bond donors (Lipinski definition) is 2. The Balaban J connectivity index is 1.48. The van der Waals surface area contributed by atoms with E-state index in [2.05, 4.69) is 10.3 Å². The van der Waals surface area contributed by atoms with Gasteiger partial charge >= 0.3 is 0 Å². The normalized spacial score (nSPS) is 14.2. The molecule has 1 aliphatic heterocycles. The van der Waals surface area contributed by atoms with Gasteiger partial charge in [0.05, 0.1) is 17.3 Å². The van der Waals surface area contributed by atoms with Crippen molar-refractivity contribution >= 4 is 57.0 Å². The molecule has 4 rings (SSSR count). The molecule has 2 aromatic carbocycles. The van der Waals surface area contributed by atoms with E-state index in [0.29, 0.717) is 16.4 Å². The Bertz CT molecular complexity index is 1050. The maximum Gasteiger partial charge on any atom is 0.289 e. The number of nitrogens with one attached hydrogen (secondary N) is 2. The maximum atomic E-state index is 12.5. The molecule has 2 heterocycles. The number of aromatic nitrogens is 1. The second kappa shape index (κ2) is 7.09. The van der Waals surface area contributed by atoms with Crippen molar-refractivity contribution in [3.63, 3.8) is 0 Å². The van der Waals surface area contributed by atoms with Gasteiger partial charge in [0.25, 0.3) is 11.1 Å². The number of para-hydroxylation sites is 1. The van der Waals surface area contributed by atoms with Crippen molar-refractivity contribution in [3.8, 4) is 0 Å². The minimum absolute atomic E-state index is 0.184. The number of thioether (sulfide) groups is 1. The molecule has 1 saturated heterocycles. The van der Waals surface area contributed by atoms with Gasteiger partial charge in [-0.2, -0.15) is 0 Å². The molecule has 3 amide bonds. The first kappa shape index (κ1) is 17.6. The van der Waals surface area contributed by atoms with E-state index in [1.54, 1.807) is 24.3 Å². The van der Waals surface area contributed by atoms with Crippen LogP contribution in [0.25, 0.3) is 10.9 Å². The van der Waals surface area contributed by atoms with Crippen molar-refractivity contribution in [2.45, 2.75) is 6.54 Å². The number of amides is 3. The zero-order chi connectivity index (χ0) is 19.0. The molecule has 0 atom stereocenters. The zero-order valence-corrected chi connectivity index (χ0v) is 15.6. The molecule has 1 aliphatic rings. The first-order valence-electron chi connectivity index (χ1n) is 8.16. The summed E-state index contributed by atoms with van der Waals surface area (Å²) in [5, 5.41) is 3.73. The molecule has 0 bridgehead atoms. The predicted molar refractivity (Wildman–Crippen MR) is 106 cm³/mol. The number of hydrogen-bond acceptors (Lipinski definition) is 4. The van der Waals surface area contributed by atoms with Gasteiger partial charge in [-0.15, -0.1) is 0 Å². The second-order valence-corrected chi connectivity index (χ2v) is 7.35. The minimum atomic E-state index is -0.342. The topological polar surface area (TPSA) is 82.3 Å². The Morgan fingerprint density at radius 2 is 1.89 bits per heavy atom. The molecular weight excluding hydrogens is 386 g/mol. The fourth-order valence-electron chi connectivity index (χ4n) is 2.87. The summed E-state index contributed by atoms with van der Waals surface area (Å²) in [7, 11) is 0. The smallest absolute Gasteiger partial charge is 0.289 e. The minimum Gasteiger partial charge on any atom is -0.349 e. The van der Waals surface area contributed by atoms with E-state index < -0.39 is 0 Å². The van der Waals surface area contributed by atoms with Crippen LogP contribution in [0.3, 0.4) is 0 Å². The summed E-state index contributed by atoms with van der Waals surface area (Å²) in [6.07, 6.45) is 0. The lowest BCUT2D eigenvalue weighted by Gasteiger charge is -2.13. The van der Waals surface area contributed by atoms with Crippen LogP contribution in [-0.2, 0) is 11.3 Å². The number of H-pyrrole nitrogens is 1. The van der Waals surface area contributed by atoms with Crippen molar-refractivity contribution in [1.82, 2.24) is 9.88 Å². The van der Waals surface area contributed by atoms with Gasteiger partial charge in [-0.3, -0.25) is 19.3 Å². The molecule has 6 nitrogen and oxygen atoms in total. The third-order valence-electron chi connectivity index (χ3n) is 4.26. The van der Waals surface area contributed by atoms with E-state index >= 15 is 0 Å². The molecule has 0 spiro atoms. The van der Waals surface area contributed by atoms with Gasteiger partial charge in [0.2, 0.25) is 5.91 Å². The van der Waals surface area contributed by atoms with Gasteiger partial charge in [0, 0.05) is 16.6 Å². The summed E-state index contributed by atoms with van der Waals surface area (Å²) in [5.41, 5.74) is 2.49. The molecule has 0 radical (unpaired) electrons. The quantitative estimate of drug-likeness (QED) is 0.686. The first-order valence-corrected chi connectivity index (χ1v) is 9.53.